The highest BCUT2D eigenvalue weighted by Crippen LogP contribution is 2.33. The molecule has 118 valence electrons. The Morgan fingerprint density at radius 2 is 2.29 bits per heavy atom. The fraction of sp³-hybridized carbons (Fsp3) is 0.600. The average molecular weight is 362 g/mol. The lowest BCUT2D eigenvalue weighted by molar-refractivity contribution is -0.102. The second-order valence-corrected chi connectivity index (χ2v) is 5.78. The molecular weight excluding hydrogens is 341 g/mol. The van der Waals surface area contributed by atoms with Gasteiger partial charge in [0.2, 0.25) is 0 Å². The fourth-order valence-corrected chi connectivity index (χ4v) is 2.76. The van der Waals surface area contributed by atoms with E-state index in [1.165, 1.54) is 6.07 Å². The van der Waals surface area contributed by atoms with E-state index in [1.807, 2.05) is 0 Å². The topological polar surface area (TPSA) is 39.7 Å². The number of methoxy groups -OCH3 is 1. The first-order chi connectivity index (χ1) is 10.2. The molecule has 1 aliphatic heterocycles. The Kier molecular flexibility index (Phi) is 6.41. The predicted molar refractivity (Wildman–Crippen MR) is 82.2 cm³/mol. The van der Waals surface area contributed by atoms with Gasteiger partial charge in [-0.15, -0.1) is 0 Å². The van der Waals surface area contributed by atoms with Gasteiger partial charge < -0.3 is 19.5 Å². The summed E-state index contributed by atoms with van der Waals surface area (Å²) in [6, 6.07) is 3.04. The maximum Gasteiger partial charge on any atom is 0.141 e. The summed E-state index contributed by atoms with van der Waals surface area (Å²) in [5, 5.41) is 3.45. The minimum absolute atomic E-state index is 0.0999. The first kappa shape index (κ1) is 16.7. The standard InChI is InChI=1S/C15H21BrFNO3/c1-3-4-18-15(14-9-20-5-6-21-14)10-7-11(16)12(17)8-13(10)19-2/h7-8,14-15,18H,3-6,9H2,1-2H3. The van der Waals surface area contributed by atoms with Crippen molar-refractivity contribution in [2.45, 2.75) is 25.5 Å². The van der Waals surface area contributed by atoms with Gasteiger partial charge in [0.1, 0.15) is 17.7 Å². The zero-order valence-corrected chi connectivity index (χ0v) is 13.9. The molecule has 4 nitrogen and oxygen atoms in total. The average Bonchev–Trinajstić information content (AvgIpc) is 2.51. The van der Waals surface area contributed by atoms with Crippen LogP contribution in [-0.2, 0) is 9.47 Å². The maximum absolute atomic E-state index is 13.7. The van der Waals surface area contributed by atoms with Crippen LogP contribution >= 0.6 is 15.9 Å². The maximum atomic E-state index is 13.7. The van der Waals surface area contributed by atoms with Gasteiger partial charge in [0, 0.05) is 11.6 Å². The minimum atomic E-state index is -0.342. The molecule has 1 aromatic carbocycles. The Bertz CT molecular complexity index is 466. The van der Waals surface area contributed by atoms with Gasteiger partial charge in [-0.05, 0) is 35.0 Å². The van der Waals surface area contributed by atoms with Crippen molar-refractivity contribution in [1.82, 2.24) is 5.32 Å². The Labute approximate surface area is 133 Å². The van der Waals surface area contributed by atoms with Crippen LogP contribution in [0.15, 0.2) is 16.6 Å². The van der Waals surface area contributed by atoms with Crippen molar-refractivity contribution in [3.05, 3.63) is 28.0 Å². The van der Waals surface area contributed by atoms with Gasteiger partial charge in [0.05, 0.1) is 37.4 Å². The smallest absolute Gasteiger partial charge is 0.141 e. The van der Waals surface area contributed by atoms with Crippen LogP contribution < -0.4 is 10.1 Å². The molecule has 2 atom stereocenters. The largest absolute Gasteiger partial charge is 0.496 e. The predicted octanol–water partition coefficient (Wildman–Crippen LogP) is 3.05. The summed E-state index contributed by atoms with van der Waals surface area (Å²) in [5.41, 5.74) is 0.870. The van der Waals surface area contributed by atoms with E-state index in [0.29, 0.717) is 30.0 Å². The number of benzene rings is 1. The Morgan fingerprint density at radius 1 is 1.48 bits per heavy atom. The number of halogens is 2. The van der Waals surface area contributed by atoms with E-state index in [4.69, 9.17) is 14.2 Å². The lowest BCUT2D eigenvalue weighted by Crippen LogP contribution is -2.41. The fourth-order valence-electron chi connectivity index (χ4n) is 2.40. The summed E-state index contributed by atoms with van der Waals surface area (Å²) in [7, 11) is 1.54. The first-order valence-corrected chi connectivity index (χ1v) is 7.92. The highest BCUT2D eigenvalue weighted by molar-refractivity contribution is 9.10. The molecule has 6 heteroatoms. The number of rotatable bonds is 6. The van der Waals surface area contributed by atoms with Gasteiger partial charge >= 0.3 is 0 Å². The molecular formula is C15H21BrFNO3. The summed E-state index contributed by atoms with van der Waals surface area (Å²) in [5.74, 6) is 0.170. The van der Waals surface area contributed by atoms with Crippen molar-refractivity contribution in [3.63, 3.8) is 0 Å². The van der Waals surface area contributed by atoms with Crippen LogP contribution in [0.1, 0.15) is 24.9 Å². The molecule has 1 N–H and O–H groups in total. The highest BCUT2D eigenvalue weighted by atomic mass is 79.9. The summed E-state index contributed by atoms with van der Waals surface area (Å²) < 4.78 is 30.8. The molecule has 1 aromatic rings. The Morgan fingerprint density at radius 3 is 2.90 bits per heavy atom. The van der Waals surface area contributed by atoms with Crippen molar-refractivity contribution < 1.29 is 18.6 Å². The molecule has 0 aliphatic carbocycles. The second-order valence-electron chi connectivity index (χ2n) is 4.92. The molecule has 0 bridgehead atoms. The molecule has 2 unspecified atom stereocenters. The third kappa shape index (κ3) is 4.16. The van der Waals surface area contributed by atoms with E-state index >= 15 is 0 Å². The molecule has 0 spiro atoms. The molecule has 1 heterocycles. The Hall–Kier alpha value is -0.690. The number of hydrogen-bond donors (Lipinski definition) is 1. The van der Waals surface area contributed by atoms with E-state index in [2.05, 4.69) is 28.2 Å². The molecule has 1 saturated heterocycles. The van der Waals surface area contributed by atoms with Crippen LogP contribution in [0.5, 0.6) is 5.75 Å². The van der Waals surface area contributed by atoms with Crippen molar-refractivity contribution in [2.24, 2.45) is 0 Å². The third-order valence-electron chi connectivity index (χ3n) is 3.44. The summed E-state index contributed by atoms with van der Waals surface area (Å²) in [4.78, 5) is 0. The van der Waals surface area contributed by atoms with E-state index in [9.17, 15) is 4.39 Å². The lowest BCUT2D eigenvalue weighted by atomic mass is 9.99. The zero-order chi connectivity index (χ0) is 15.2. The SMILES string of the molecule is CCCNC(c1cc(Br)c(F)cc1OC)C1COCCO1. The van der Waals surface area contributed by atoms with Crippen LogP contribution in [0.25, 0.3) is 0 Å². The second kappa shape index (κ2) is 8.08. The molecule has 1 aliphatic rings. The van der Waals surface area contributed by atoms with E-state index in [1.54, 1.807) is 13.2 Å². The van der Waals surface area contributed by atoms with Gasteiger partial charge in [-0.3, -0.25) is 0 Å². The van der Waals surface area contributed by atoms with Crippen molar-refractivity contribution in [2.75, 3.05) is 33.5 Å². The monoisotopic (exact) mass is 361 g/mol. The van der Waals surface area contributed by atoms with Gasteiger partial charge in [0.25, 0.3) is 0 Å². The van der Waals surface area contributed by atoms with Crippen molar-refractivity contribution >= 4 is 15.9 Å². The molecule has 0 aromatic heterocycles. The molecule has 21 heavy (non-hydrogen) atoms. The highest BCUT2D eigenvalue weighted by Gasteiger charge is 2.29. The zero-order valence-electron chi connectivity index (χ0n) is 12.3. The van der Waals surface area contributed by atoms with Crippen molar-refractivity contribution in [1.29, 1.82) is 0 Å². The molecule has 0 amide bonds. The minimum Gasteiger partial charge on any atom is -0.496 e. The number of hydrogen-bond acceptors (Lipinski definition) is 4. The molecule has 2 rings (SSSR count). The van der Waals surface area contributed by atoms with Gasteiger partial charge in [-0.2, -0.15) is 0 Å². The van der Waals surface area contributed by atoms with Gasteiger partial charge in [0.15, 0.2) is 0 Å². The third-order valence-corrected chi connectivity index (χ3v) is 4.04. The van der Waals surface area contributed by atoms with Gasteiger partial charge in [-0.25, -0.2) is 4.39 Å². The lowest BCUT2D eigenvalue weighted by Gasteiger charge is -2.32. The quantitative estimate of drug-likeness (QED) is 0.845. The molecule has 0 radical (unpaired) electrons. The first-order valence-electron chi connectivity index (χ1n) is 7.13. The van der Waals surface area contributed by atoms with Crippen LogP contribution in [0.4, 0.5) is 4.39 Å². The Balaban J connectivity index is 2.32. The van der Waals surface area contributed by atoms with Crippen LogP contribution in [-0.4, -0.2) is 39.6 Å². The molecule has 1 fully saturated rings. The van der Waals surface area contributed by atoms with E-state index in [0.717, 1.165) is 18.5 Å². The molecule has 0 saturated carbocycles. The van der Waals surface area contributed by atoms with E-state index < -0.39 is 0 Å². The summed E-state index contributed by atoms with van der Waals surface area (Å²) in [6.45, 7) is 4.63. The van der Waals surface area contributed by atoms with Crippen molar-refractivity contribution in [3.8, 4) is 5.75 Å². The normalized spacial score (nSPS) is 20.3. The van der Waals surface area contributed by atoms with Gasteiger partial charge in [-0.1, -0.05) is 6.92 Å². The summed E-state index contributed by atoms with van der Waals surface area (Å²) in [6.07, 6.45) is 0.881. The summed E-state index contributed by atoms with van der Waals surface area (Å²) >= 11 is 3.24. The number of nitrogens with one attached hydrogen (secondary N) is 1. The number of ether oxygens (including phenoxy) is 3. The van der Waals surface area contributed by atoms with E-state index in [-0.39, 0.29) is 18.0 Å². The van der Waals surface area contributed by atoms with Crippen LogP contribution in [0.3, 0.4) is 0 Å². The van der Waals surface area contributed by atoms with Crippen LogP contribution in [0.2, 0.25) is 0 Å². The van der Waals surface area contributed by atoms with Crippen LogP contribution in [0, 0.1) is 5.82 Å².